The molecule has 0 heterocycles. The van der Waals surface area contributed by atoms with E-state index in [1.807, 2.05) is 12.1 Å². The third kappa shape index (κ3) is 2.06. The topological polar surface area (TPSA) is 40.5 Å². The standard InChI is InChI=1S/C15H20O2/c16-12-4-6-14-10(8-12)2-1-3-11-9-13(17)5-7-15(11)14/h4,6,8,11,13,15-17H,1-3,5,7,9H2. The van der Waals surface area contributed by atoms with E-state index in [0.717, 1.165) is 25.7 Å². The highest BCUT2D eigenvalue weighted by atomic mass is 16.3. The molecule has 2 aliphatic carbocycles. The van der Waals surface area contributed by atoms with Gasteiger partial charge in [0.15, 0.2) is 0 Å². The Morgan fingerprint density at radius 3 is 2.88 bits per heavy atom. The van der Waals surface area contributed by atoms with Crippen molar-refractivity contribution in [1.29, 1.82) is 0 Å². The smallest absolute Gasteiger partial charge is 0.115 e. The summed E-state index contributed by atoms with van der Waals surface area (Å²) in [4.78, 5) is 0. The van der Waals surface area contributed by atoms with Gasteiger partial charge < -0.3 is 10.2 Å². The van der Waals surface area contributed by atoms with Gasteiger partial charge in [-0.05, 0) is 73.6 Å². The Bertz CT molecular complexity index is 413. The van der Waals surface area contributed by atoms with Gasteiger partial charge in [0, 0.05) is 0 Å². The van der Waals surface area contributed by atoms with Gasteiger partial charge in [0.1, 0.15) is 5.75 Å². The van der Waals surface area contributed by atoms with Crippen LogP contribution in [-0.2, 0) is 6.42 Å². The maximum atomic E-state index is 9.79. The van der Waals surface area contributed by atoms with E-state index in [1.54, 1.807) is 0 Å². The Kier molecular flexibility index (Phi) is 2.83. The Hall–Kier alpha value is -1.02. The molecule has 3 rings (SSSR count). The number of phenols is 1. The number of aryl methyl sites for hydroxylation is 1. The summed E-state index contributed by atoms with van der Waals surface area (Å²) in [5.41, 5.74) is 2.76. The second-order valence-corrected chi connectivity index (χ2v) is 5.61. The van der Waals surface area contributed by atoms with E-state index in [9.17, 15) is 10.2 Å². The molecule has 3 unspecified atom stereocenters. The van der Waals surface area contributed by atoms with Gasteiger partial charge in [-0.15, -0.1) is 0 Å². The van der Waals surface area contributed by atoms with Gasteiger partial charge in [-0.2, -0.15) is 0 Å². The van der Waals surface area contributed by atoms with Crippen LogP contribution in [-0.4, -0.2) is 16.3 Å². The summed E-state index contributed by atoms with van der Waals surface area (Å²) < 4.78 is 0. The number of phenolic OH excluding ortho intramolecular Hbond substituents is 1. The van der Waals surface area contributed by atoms with E-state index < -0.39 is 0 Å². The molecule has 3 atom stereocenters. The van der Waals surface area contributed by atoms with E-state index in [-0.39, 0.29) is 6.10 Å². The Morgan fingerprint density at radius 2 is 2.00 bits per heavy atom. The second-order valence-electron chi connectivity index (χ2n) is 5.61. The summed E-state index contributed by atoms with van der Waals surface area (Å²) in [7, 11) is 0. The molecule has 2 N–H and O–H groups in total. The van der Waals surface area contributed by atoms with Crippen LogP contribution in [0.1, 0.15) is 49.1 Å². The first-order valence-electron chi connectivity index (χ1n) is 6.74. The van der Waals surface area contributed by atoms with Crippen molar-refractivity contribution in [3.05, 3.63) is 29.3 Å². The van der Waals surface area contributed by atoms with E-state index in [2.05, 4.69) is 6.07 Å². The molecule has 1 saturated carbocycles. The highest BCUT2D eigenvalue weighted by Gasteiger charge is 2.33. The van der Waals surface area contributed by atoms with Gasteiger partial charge >= 0.3 is 0 Å². The Balaban J connectivity index is 1.96. The predicted molar refractivity (Wildman–Crippen MR) is 67.1 cm³/mol. The molecule has 0 saturated heterocycles. The molecule has 2 aliphatic rings. The summed E-state index contributed by atoms with van der Waals surface area (Å²) in [6.07, 6.45) is 6.39. The molecule has 2 heteroatoms. The minimum atomic E-state index is -0.0880. The molecule has 0 bridgehead atoms. The van der Waals surface area contributed by atoms with E-state index in [4.69, 9.17) is 0 Å². The third-order valence-electron chi connectivity index (χ3n) is 4.50. The van der Waals surface area contributed by atoms with Crippen molar-refractivity contribution >= 4 is 0 Å². The molecule has 0 radical (unpaired) electrons. The van der Waals surface area contributed by atoms with Crippen LogP contribution in [0.2, 0.25) is 0 Å². The van der Waals surface area contributed by atoms with Crippen molar-refractivity contribution in [3.8, 4) is 5.75 Å². The van der Waals surface area contributed by atoms with Crippen molar-refractivity contribution in [3.63, 3.8) is 0 Å². The van der Waals surface area contributed by atoms with Crippen LogP contribution in [0.4, 0.5) is 0 Å². The van der Waals surface area contributed by atoms with Crippen LogP contribution < -0.4 is 0 Å². The predicted octanol–water partition coefficient (Wildman–Crippen LogP) is 2.97. The Labute approximate surface area is 102 Å². The molecule has 1 fully saturated rings. The summed E-state index contributed by atoms with van der Waals surface area (Å²) in [6, 6.07) is 5.85. The lowest BCUT2D eigenvalue weighted by Gasteiger charge is -2.34. The summed E-state index contributed by atoms with van der Waals surface area (Å²) >= 11 is 0. The maximum Gasteiger partial charge on any atom is 0.115 e. The molecular weight excluding hydrogens is 212 g/mol. The molecule has 1 aromatic rings. The molecule has 0 amide bonds. The van der Waals surface area contributed by atoms with Crippen LogP contribution in [0.3, 0.4) is 0 Å². The fourth-order valence-electron chi connectivity index (χ4n) is 3.69. The van der Waals surface area contributed by atoms with Crippen LogP contribution in [0.15, 0.2) is 18.2 Å². The third-order valence-corrected chi connectivity index (χ3v) is 4.50. The highest BCUT2D eigenvalue weighted by molar-refractivity contribution is 5.38. The number of aromatic hydroxyl groups is 1. The molecular formula is C15H20O2. The molecule has 2 nitrogen and oxygen atoms in total. The quantitative estimate of drug-likeness (QED) is 0.722. The summed E-state index contributed by atoms with van der Waals surface area (Å²) in [5, 5.41) is 19.4. The number of benzene rings is 1. The van der Waals surface area contributed by atoms with Gasteiger partial charge in [0.05, 0.1) is 6.10 Å². The minimum absolute atomic E-state index is 0.0880. The largest absolute Gasteiger partial charge is 0.508 e. The van der Waals surface area contributed by atoms with Crippen LogP contribution in [0.5, 0.6) is 5.75 Å². The zero-order valence-electron chi connectivity index (χ0n) is 10.1. The van der Waals surface area contributed by atoms with Gasteiger partial charge in [0.25, 0.3) is 0 Å². The second kappa shape index (κ2) is 4.34. The van der Waals surface area contributed by atoms with Gasteiger partial charge in [-0.1, -0.05) is 6.07 Å². The van der Waals surface area contributed by atoms with E-state index in [0.29, 0.717) is 17.6 Å². The highest BCUT2D eigenvalue weighted by Crippen LogP contribution is 2.44. The number of rotatable bonds is 0. The van der Waals surface area contributed by atoms with Gasteiger partial charge in [-0.3, -0.25) is 0 Å². The average Bonchev–Trinajstić information content (AvgIpc) is 2.47. The average molecular weight is 232 g/mol. The number of fused-ring (bicyclic) bond motifs is 3. The molecule has 0 aliphatic heterocycles. The molecule has 17 heavy (non-hydrogen) atoms. The number of hydrogen-bond acceptors (Lipinski definition) is 2. The first-order valence-corrected chi connectivity index (χ1v) is 6.74. The number of hydrogen-bond donors (Lipinski definition) is 2. The zero-order valence-corrected chi connectivity index (χ0v) is 10.1. The normalized spacial score (nSPS) is 32.4. The van der Waals surface area contributed by atoms with Crippen LogP contribution >= 0.6 is 0 Å². The lowest BCUT2D eigenvalue weighted by molar-refractivity contribution is 0.0867. The zero-order chi connectivity index (χ0) is 11.8. The maximum absolute atomic E-state index is 9.79. The molecule has 0 spiro atoms. The first-order chi connectivity index (χ1) is 8.24. The lowest BCUT2D eigenvalue weighted by Crippen LogP contribution is -2.26. The monoisotopic (exact) mass is 232 g/mol. The number of aliphatic hydroxyl groups excluding tert-OH is 1. The summed E-state index contributed by atoms with van der Waals surface area (Å²) in [5.74, 6) is 1.64. The SMILES string of the molecule is Oc1ccc2c(c1)CCCC1CC(O)CCC21. The number of aliphatic hydroxyl groups is 1. The summed E-state index contributed by atoms with van der Waals surface area (Å²) in [6.45, 7) is 0. The van der Waals surface area contributed by atoms with Gasteiger partial charge in [0.2, 0.25) is 0 Å². The van der Waals surface area contributed by atoms with Crippen LogP contribution in [0.25, 0.3) is 0 Å². The molecule has 92 valence electrons. The molecule has 1 aromatic carbocycles. The first kappa shape index (κ1) is 11.1. The lowest BCUT2D eigenvalue weighted by atomic mass is 9.73. The minimum Gasteiger partial charge on any atom is -0.508 e. The molecule has 0 aromatic heterocycles. The van der Waals surface area contributed by atoms with Crippen molar-refractivity contribution in [2.45, 2.75) is 50.5 Å². The van der Waals surface area contributed by atoms with E-state index >= 15 is 0 Å². The van der Waals surface area contributed by atoms with Crippen molar-refractivity contribution in [1.82, 2.24) is 0 Å². The van der Waals surface area contributed by atoms with Crippen molar-refractivity contribution in [2.75, 3.05) is 0 Å². The van der Waals surface area contributed by atoms with Gasteiger partial charge in [-0.25, -0.2) is 0 Å². The fraction of sp³-hybridized carbons (Fsp3) is 0.600. The Morgan fingerprint density at radius 1 is 1.12 bits per heavy atom. The van der Waals surface area contributed by atoms with Crippen molar-refractivity contribution < 1.29 is 10.2 Å². The van der Waals surface area contributed by atoms with Crippen LogP contribution in [0, 0.1) is 5.92 Å². The van der Waals surface area contributed by atoms with Crippen molar-refractivity contribution in [2.24, 2.45) is 5.92 Å². The fourth-order valence-corrected chi connectivity index (χ4v) is 3.69. The van der Waals surface area contributed by atoms with E-state index in [1.165, 1.54) is 24.0 Å².